The highest BCUT2D eigenvalue weighted by Gasteiger charge is 2.29. The first-order valence-electron chi connectivity index (χ1n) is 8.51. The molecule has 1 atom stereocenters. The Hall–Kier alpha value is -3.13. The lowest BCUT2D eigenvalue weighted by Crippen LogP contribution is -2.12. The summed E-state index contributed by atoms with van der Waals surface area (Å²) < 4.78 is 19.3. The van der Waals surface area contributed by atoms with Crippen LogP contribution in [0.15, 0.2) is 52.3 Å². The van der Waals surface area contributed by atoms with E-state index >= 15 is 0 Å². The van der Waals surface area contributed by atoms with Gasteiger partial charge in [-0.25, -0.2) is 4.39 Å². The second kappa shape index (κ2) is 7.24. The van der Waals surface area contributed by atoms with Crippen LogP contribution in [0.25, 0.3) is 11.4 Å². The van der Waals surface area contributed by atoms with Crippen LogP contribution in [-0.2, 0) is 11.4 Å². The third-order valence-electron chi connectivity index (χ3n) is 4.14. The monoisotopic (exact) mass is 367 g/mol. The fourth-order valence-corrected chi connectivity index (χ4v) is 2.85. The first-order chi connectivity index (χ1) is 13.1. The number of pyridine rings is 1. The van der Waals surface area contributed by atoms with E-state index < -0.39 is 6.10 Å². The number of aromatic nitrogens is 3. The molecule has 0 fully saturated rings. The lowest BCUT2D eigenvalue weighted by Gasteiger charge is -2.11. The van der Waals surface area contributed by atoms with Gasteiger partial charge in [0.15, 0.2) is 0 Å². The van der Waals surface area contributed by atoms with Crippen molar-refractivity contribution in [2.45, 2.75) is 19.1 Å². The Morgan fingerprint density at radius 3 is 2.89 bits per heavy atom. The Labute approximate surface area is 155 Å². The molecule has 0 N–H and O–H groups in total. The first-order valence-corrected chi connectivity index (χ1v) is 8.51. The van der Waals surface area contributed by atoms with Crippen molar-refractivity contribution in [2.24, 2.45) is 5.16 Å². The normalized spacial score (nSPS) is 16.4. The molecule has 27 heavy (non-hydrogen) atoms. The maximum Gasteiger partial charge on any atom is 0.271 e. The van der Waals surface area contributed by atoms with Crippen molar-refractivity contribution >= 4 is 5.71 Å². The number of halogens is 1. The second-order valence-electron chi connectivity index (χ2n) is 6.55. The topological polar surface area (TPSA) is 76.6 Å². The zero-order valence-electron chi connectivity index (χ0n) is 15.0. The molecule has 0 saturated heterocycles. The molecule has 7 nitrogen and oxygen atoms in total. The van der Waals surface area contributed by atoms with Crippen LogP contribution in [0.1, 0.15) is 29.7 Å². The summed E-state index contributed by atoms with van der Waals surface area (Å²) >= 11 is 0. The summed E-state index contributed by atoms with van der Waals surface area (Å²) in [6.07, 6.45) is 1.74. The predicted octanol–water partition coefficient (Wildman–Crippen LogP) is 3.20. The largest absolute Gasteiger partial charge is 0.382 e. The van der Waals surface area contributed by atoms with Gasteiger partial charge in [0.2, 0.25) is 11.9 Å². The van der Waals surface area contributed by atoms with Gasteiger partial charge in [0.05, 0.1) is 5.69 Å². The minimum atomic E-state index is -0.454. The van der Waals surface area contributed by atoms with E-state index in [0.29, 0.717) is 35.8 Å². The lowest BCUT2D eigenvalue weighted by molar-refractivity contribution is 0.0599. The standard InChI is InChI=1S/C19H18FN5O2/c1-25(2)11-13-9-12(6-7-14(13)20)18-22-19(27-24-18)17-10-16(23-26-17)15-5-3-4-8-21-15/h3-9,17H,10-11H2,1-2H3. The summed E-state index contributed by atoms with van der Waals surface area (Å²) in [6, 6.07) is 10.4. The van der Waals surface area contributed by atoms with Gasteiger partial charge in [0.1, 0.15) is 11.5 Å². The molecule has 2 aromatic heterocycles. The number of hydrogen-bond donors (Lipinski definition) is 0. The van der Waals surface area contributed by atoms with E-state index in [1.807, 2.05) is 37.2 Å². The highest BCUT2D eigenvalue weighted by atomic mass is 19.1. The molecule has 0 radical (unpaired) electrons. The Bertz CT molecular complexity index is 971. The highest BCUT2D eigenvalue weighted by molar-refractivity contribution is 5.99. The van der Waals surface area contributed by atoms with Crippen LogP contribution < -0.4 is 0 Å². The molecular formula is C19H18FN5O2. The Morgan fingerprint density at radius 1 is 1.22 bits per heavy atom. The minimum absolute atomic E-state index is 0.260. The van der Waals surface area contributed by atoms with Crippen LogP contribution in [-0.4, -0.2) is 39.8 Å². The van der Waals surface area contributed by atoms with Gasteiger partial charge in [-0.3, -0.25) is 4.98 Å². The number of hydrogen-bond acceptors (Lipinski definition) is 7. The third kappa shape index (κ3) is 3.70. The zero-order chi connectivity index (χ0) is 18.8. The minimum Gasteiger partial charge on any atom is -0.382 e. The number of nitrogens with zero attached hydrogens (tertiary/aromatic N) is 5. The Balaban J connectivity index is 1.52. The summed E-state index contributed by atoms with van der Waals surface area (Å²) in [5.74, 6) is 0.460. The van der Waals surface area contributed by atoms with E-state index in [0.717, 1.165) is 11.4 Å². The molecule has 0 spiro atoms. The van der Waals surface area contributed by atoms with E-state index in [9.17, 15) is 4.39 Å². The van der Waals surface area contributed by atoms with Crippen LogP contribution in [0.2, 0.25) is 0 Å². The summed E-state index contributed by atoms with van der Waals surface area (Å²) in [4.78, 5) is 16.0. The van der Waals surface area contributed by atoms with E-state index in [-0.39, 0.29) is 5.82 Å². The smallest absolute Gasteiger partial charge is 0.271 e. The number of oxime groups is 1. The molecule has 8 heteroatoms. The molecule has 1 aliphatic rings. The van der Waals surface area contributed by atoms with Gasteiger partial charge in [-0.1, -0.05) is 16.4 Å². The zero-order valence-corrected chi connectivity index (χ0v) is 15.0. The molecule has 0 bridgehead atoms. The Morgan fingerprint density at radius 2 is 2.11 bits per heavy atom. The molecule has 3 heterocycles. The summed E-state index contributed by atoms with van der Waals surface area (Å²) in [6.45, 7) is 0.484. The van der Waals surface area contributed by atoms with E-state index in [2.05, 4.69) is 20.3 Å². The van der Waals surface area contributed by atoms with Crippen molar-refractivity contribution in [1.29, 1.82) is 0 Å². The van der Waals surface area contributed by atoms with E-state index in [4.69, 9.17) is 9.36 Å². The van der Waals surface area contributed by atoms with Crippen molar-refractivity contribution in [3.8, 4) is 11.4 Å². The quantitative estimate of drug-likeness (QED) is 0.689. The molecule has 138 valence electrons. The first kappa shape index (κ1) is 17.3. The summed E-state index contributed by atoms with van der Waals surface area (Å²) in [7, 11) is 3.77. The van der Waals surface area contributed by atoms with Gasteiger partial charge < -0.3 is 14.3 Å². The molecule has 3 aromatic rings. The van der Waals surface area contributed by atoms with Gasteiger partial charge in [0, 0.05) is 30.3 Å². The van der Waals surface area contributed by atoms with Gasteiger partial charge in [-0.15, -0.1) is 0 Å². The molecular weight excluding hydrogens is 349 g/mol. The molecule has 1 unspecified atom stereocenters. The van der Waals surface area contributed by atoms with Crippen molar-refractivity contribution in [2.75, 3.05) is 14.1 Å². The van der Waals surface area contributed by atoms with Crippen LogP contribution in [0.5, 0.6) is 0 Å². The predicted molar refractivity (Wildman–Crippen MR) is 96.3 cm³/mol. The lowest BCUT2D eigenvalue weighted by atomic mass is 10.1. The van der Waals surface area contributed by atoms with Gasteiger partial charge in [-0.2, -0.15) is 4.98 Å². The average molecular weight is 367 g/mol. The maximum absolute atomic E-state index is 14.0. The van der Waals surface area contributed by atoms with Crippen LogP contribution in [0.4, 0.5) is 4.39 Å². The van der Waals surface area contributed by atoms with Crippen molar-refractivity contribution in [3.05, 3.63) is 65.6 Å². The maximum atomic E-state index is 14.0. The molecule has 0 aliphatic carbocycles. The van der Waals surface area contributed by atoms with Crippen LogP contribution in [0.3, 0.4) is 0 Å². The van der Waals surface area contributed by atoms with Crippen molar-refractivity contribution in [3.63, 3.8) is 0 Å². The van der Waals surface area contributed by atoms with Gasteiger partial charge in [-0.05, 0) is 44.4 Å². The second-order valence-corrected chi connectivity index (χ2v) is 6.55. The molecule has 4 rings (SSSR count). The molecule has 1 aliphatic heterocycles. The van der Waals surface area contributed by atoms with Crippen LogP contribution in [0, 0.1) is 5.82 Å². The fraction of sp³-hybridized carbons (Fsp3) is 0.263. The molecule has 0 saturated carbocycles. The molecule has 0 amide bonds. The van der Waals surface area contributed by atoms with Crippen molar-refractivity contribution < 1.29 is 13.8 Å². The Kier molecular flexibility index (Phi) is 4.64. The van der Waals surface area contributed by atoms with Gasteiger partial charge in [0.25, 0.3) is 5.89 Å². The number of benzene rings is 1. The fourth-order valence-electron chi connectivity index (χ4n) is 2.85. The SMILES string of the molecule is CN(C)Cc1cc(-c2noc(C3CC(c4ccccn4)=NO3)n2)ccc1F. The van der Waals surface area contributed by atoms with E-state index in [1.165, 1.54) is 6.07 Å². The highest BCUT2D eigenvalue weighted by Crippen LogP contribution is 2.29. The van der Waals surface area contributed by atoms with E-state index in [1.54, 1.807) is 18.3 Å². The van der Waals surface area contributed by atoms with Gasteiger partial charge >= 0.3 is 0 Å². The summed E-state index contributed by atoms with van der Waals surface area (Å²) in [5.41, 5.74) is 2.75. The third-order valence-corrected chi connectivity index (χ3v) is 4.14. The molecule has 1 aromatic carbocycles. The summed E-state index contributed by atoms with van der Waals surface area (Å²) in [5, 5.41) is 8.09. The average Bonchev–Trinajstić information content (AvgIpc) is 3.33. The van der Waals surface area contributed by atoms with Crippen LogP contribution >= 0.6 is 0 Å². The van der Waals surface area contributed by atoms with Crippen molar-refractivity contribution in [1.82, 2.24) is 20.0 Å². The number of rotatable bonds is 5.